The number of hydrogen-bond acceptors (Lipinski definition) is 3. The third-order valence-electron chi connectivity index (χ3n) is 2.36. The van der Waals surface area contributed by atoms with Crippen LogP contribution in [-0.2, 0) is 0 Å². The van der Waals surface area contributed by atoms with E-state index in [-0.39, 0.29) is 12.6 Å². The number of rotatable bonds is 2. The molecule has 3 heteroatoms. The van der Waals surface area contributed by atoms with Crippen LogP contribution < -0.4 is 5.73 Å². The first-order chi connectivity index (χ1) is 5.15. The molecule has 1 aliphatic rings. The molecule has 1 aliphatic heterocycles. The lowest BCUT2D eigenvalue weighted by Gasteiger charge is -2.26. The molecule has 11 heavy (non-hydrogen) atoms. The van der Waals surface area contributed by atoms with Crippen LogP contribution >= 0.6 is 0 Å². The van der Waals surface area contributed by atoms with Gasteiger partial charge in [0.25, 0.3) is 0 Å². The molecule has 2 atom stereocenters. The summed E-state index contributed by atoms with van der Waals surface area (Å²) in [7, 11) is 0. The van der Waals surface area contributed by atoms with Crippen LogP contribution in [0.4, 0.5) is 0 Å². The van der Waals surface area contributed by atoms with Crippen molar-refractivity contribution in [2.45, 2.75) is 38.4 Å². The Labute approximate surface area is 68.2 Å². The summed E-state index contributed by atoms with van der Waals surface area (Å²) in [5.74, 6) is 0. The smallest absolute Gasteiger partial charge is 0.0587 e. The van der Waals surface area contributed by atoms with Gasteiger partial charge in [-0.3, -0.25) is 4.90 Å². The lowest BCUT2D eigenvalue weighted by Crippen LogP contribution is -2.38. The molecule has 1 heterocycles. The minimum Gasteiger partial charge on any atom is -0.395 e. The zero-order valence-corrected chi connectivity index (χ0v) is 7.33. The predicted octanol–water partition coefficient (Wildman–Crippen LogP) is -0.211. The normalized spacial score (nSPS) is 33.5. The van der Waals surface area contributed by atoms with Gasteiger partial charge in [-0.25, -0.2) is 0 Å². The van der Waals surface area contributed by atoms with Gasteiger partial charge in [0, 0.05) is 24.7 Å². The average Bonchev–Trinajstić information content (AvgIpc) is 2.30. The second kappa shape index (κ2) is 3.52. The fraction of sp³-hybridized carbons (Fsp3) is 1.00. The third kappa shape index (κ3) is 1.92. The van der Waals surface area contributed by atoms with E-state index in [9.17, 15) is 0 Å². The zero-order chi connectivity index (χ0) is 8.43. The predicted molar refractivity (Wildman–Crippen MR) is 45.3 cm³/mol. The van der Waals surface area contributed by atoms with E-state index in [0.717, 1.165) is 13.0 Å². The van der Waals surface area contributed by atoms with Crippen LogP contribution in [-0.4, -0.2) is 41.3 Å². The Morgan fingerprint density at radius 1 is 1.64 bits per heavy atom. The van der Waals surface area contributed by atoms with E-state index >= 15 is 0 Å². The Morgan fingerprint density at radius 3 is 2.64 bits per heavy atom. The maximum absolute atomic E-state index is 9.01. The topological polar surface area (TPSA) is 49.5 Å². The molecule has 0 radical (unpaired) electrons. The third-order valence-corrected chi connectivity index (χ3v) is 2.36. The van der Waals surface area contributed by atoms with Gasteiger partial charge in [-0.1, -0.05) is 0 Å². The van der Waals surface area contributed by atoms with Gasteiger partial charge in [-0.05, 0) is 20.3 Å². The fourth-order valence-electron chi connectivity index (χ4n) is 1.79. The number of likely N-dealkylation sites (tertiary alicyclic amines) is 1. The van der Waals surface area contributed by atoms with Crippen LogP contribution in [0.25, 0.3) is 0 Å². The van der Waals surface area contributed by atoms with Gasteiger partial charge in [0.1, 0.15) is 0 Å². The van der Waals surface area contributed by atoms with Crippen molar-refractivity contribution >= 4 is 0 Å². The lowest BCUT2D eigenvalue weighted by atomic mass is 10.2. The highest BCUT2D eigenvalue weighted by Crippen LogP contribution is 2.18. The Morgan fingerprint density at radius 2 is 2.27 bits per heavy atom. The van der Waals surface area contributed by atoms with Crippen molar-refractivity contribution in [3.8, 4) is 0 Å². The molecular weight excluding hydrogens is 140 g/mol. The Kier molecular flexibility index (Phi) is 2.87. The van der Waals surface area contributed by atoms with Gasteiger partial charge >= 0.3 is 0 Å². The van der Waals surface area contributed by atoms with Crippen molar-refractivity contribution in [2.24, 2.45) is 5.73 Å². The number of aliphatic hydroxyl groups is 1. The molecule has 0 aromatic rings. The summed E-state index contributed by atoms with van der Waals surface area (Å²) in [4.78, 5) is 2.27. The van der Waals surface area contributed by atoms with Crippen LogP contribution in [0, 0.1) is 0 Å². The molecule has 0 amide bonds. The van der Waals surface area contributed by atoms with E-state index in [1.165, 1.54) is 0 Å². The molecule has 0 bridgehead atoms. The number of nitrogens with zero attached hydrogens (tertiary/aromatic N) is 1. The molecule has 2 unspecified atom stereocenters. The highest BCUT2D eigenvalue weighted by Gasteiger charge is 2.30. The van der Waals surface area contributed by atoms with Crippen LogP contribution in [0.1, 0.15) is 20.3 Å². The van der Waals surface area contributed by atoms with E-state index in [2.05, 4.69) is 18.7 Å². The van der Waals surface area contributed by atoms with Gasteiger partial charge in [0.05, 0.1) is 6.61 Å². The first-order valence-electron chi connectivity index (χ1n) is 4.27. The van der Waals surface area contributed by atoms with Gasteiger partial charge in [-0.2, -0.15) is 0 Å². The highest BCUT2D eigenvalue weighted by molar-refractivity contribution is 4.88. The molecule has 0 aromatic carbocycles. The van der Waals surface area contributed by atoms with Gasteiger partial charge in [0.2, 0.25) is 0 Å². The van der Waals surface area contributed by atoms with E-state index in [4.69, 9.17) is 10.8 Å². The van der Waals surface area contributed by atoms with E-state index < -0.39 is 0 Å². The molecule has 1 fully saturated rings. The molecule has 3 N–H and O–H groups in total. The Hall–Kier alpha value is -0.120. The second-order valence-corrected chi connectivity index (χ2v) is 3.62. The molecule has 0 aromatic heterocycles. The quantitative estimate of drug-likeness (QED) is 0.584. The SMILES string of the molecule is CC(C)N1CC(N)CC1CO. The monoisotopic (exact) mass is 158 g/mol. The van der Waals surface area contributed by atoms with Crippen LogP contribution in [0.5, 0.6) is 0 Å². The van der Waals surface area contributed by atoms with E-state index in [1.807, 2.05) is 0 Å². The molecule has 3 nitrogen and oxygen atoms in total. The zero-order valence-electron chi connectivity index (χ0n) is 7.33. The van der Waals surface area contributed by atoms with E-state index in [0.29, 0.717) is 12.1 Å². The summed E-state index contributed by atoms with van der Waals surface area (Å²) in [6, 6.07) is 1.06. The summed E-state index contributed by atoms with van der Waals surface area (Å²) >= 11 is 0. The summed E-state index contributed by atoms with van der Waals surface area (Å²) in [5, 5.41) is 9.01. The lowest BCUT2D eigenvalue weighted by molar-refractivity contribution is 0.132. The summed E-state index contributed by atoms with van der Waals surface area (Å²) in [5.41, 5.74) is 5.78. The number of aliphatic hydroxyl groups excluding tert-OH is 1. The maximum atomic E-state index is 9.01. The summed E-state index contributed by atoms with van der Waals surface area (Å²) < 4.78 is 0. The molecule has 0 spiro atoms. The van der Waals surface area contributed by atoms with Crippen LogP contribution in [0.3, 0.4) is 0 Å². The first kappa shape index (κ1) is 8.97. The van der Waals surface area contributed by atoms with Gasteiger partial charge in [-0.15, -0.1) is 0 Å². The highest BCUT2D eigenvalue weighted by atomic mass is 16.3. The van der Waals surface area contributed by atoms with Gasteiger partial charge in [0.15, 0.2) is 0 Å². The van der Waals surface area contributed by atoms with Gasteiger partial charge < -0.3 is 10.8 Å². The molecule has 0 aliphatic carbocycles. The molecule has 1 saturated heterocycles. The Bertz CT molecular complexity index is 127. The summed E-state index contributed by atoms with van der Waals surface area (Å²) in [6.07, 6.45) is 0.939. The molecule has 66 valence electrons. The Balaban J connectivity index is 2.50. The van der Waals surface area contributed by atoms with Crippen molar-refractivity contribution in [1.29, 1.82) is 0 Å². The average molecular weight is 158 g/mol. The molecule has 1 rings (SSSR count). The van der Waals surface area contributed by atoms with Crippen molar-refractivity contribution in [1.82, 2.24) is 4.90 Å². The summed E-state index contributed by atoms with van der Waals surface area (Å²) in [6.45, 7) is 5.45. The van der Waals surface area contributed by atoms with Crippen molar-refractivity contribution in [3.05, 3.63) is 0 Å². The molecular formula is C8H18N2O. The standard InChI is InChI=1S/C8H18N2O/c1-6(2)10-4-7(9)3-8(10)5-11/h6-8,11H,3-5,9H2,1-2H3. The fourth-order valence-corrected chi connectivity index (χ4v) is 1.79. The van der Waals surface area contributed by atoms with Crippen molar-refractivity contribution in [3.63, 3.8) is 0 Å². The van der Waals surface area contributed by atoms with Crippen LogP contribution in [0.2, 0.25) is 0 Å². The van der Waals surface area contributed by atoms with Crippen molar-refractivity contribution < 1.29 is 5.11 Å². The number of nitrogens with two attached hydrogens (primary N) is 1. The second-order valence-electron chi connectivity index (χ2n) is 3.62. The largest absolute Gasteiger partial charge is 0.395 e. The van der Waals surface area contributed by atoms with E-state index in [1.54, 1.807) is 0 Å². The minimum atomic E-state index is 0.242. The first-order valence-corrected chi connectivity index (χ1v) is 4.27. The minimum absolute atomic E-state index is 0.242. The van der Waals surface area contributed by atoms with Crippen molar-refractivity contribution in [2.75, 3.05) is 13.2 Å². The maximum Gasteiger partial charge on any atom is 0.0587 e. The van der Waals surface area contributed by atoms with Crippen LogP contribution in [0.15, 0.2) is 0 Å². The molecule has 0 saturated carbocycles. The number of hydrogen-bond donors (Lipinski definition) is 2.